The summed E-state index contributed by atoms with van der Waals surface area (Å²) in [4.78, 5) is 10.9. The van der Waals surface area contributed by atoms with Crippen molar-refractivity contribution in [3.05, 3.63) is 27.7 Å². The van der Waals surface area contributed by atoms with Crippen LogP contribution in [0.25, 0.3) is 0 Å². The Morgan fingerprint density at radius 3 is 2.55 bits per heavy atom. The van der Waals surface area contributed by atoms with E-state index in [0.717, 1.165) is 4.31 Å². The third-order valence-electron chi connectivity index (χ3n) is 3.76. The van der Waals surface area contributed by atoms with E-state index in [-0.39, 0.29) is 29.4 Å². The average Bonchev–Trinajstić information content (AvgIpc) is 2.44. The molecular weight excluding hydrogens is 353 g/mol. The lowest BCUT2D eigenvalue weighted by Crippen LogP contribution is -2.48. The van der Waals surface area contributed by atoms with Crippen molar-refractivity contribution in [1.29, 1.82) is 0 Å². The van der Waals surface area contributed by atoms with Gasteiger partial charge in [0.15, 0.2) is 0 Å². The molecule has 9 heteroatoms. The maximum absolute atomic E-state index is 12.6. The monoisotopic (exact) mass is 367 g/mol. The first-order valence-corrected chi connectivity index (χ1v) is 8.71. The van der Waals surface area contributed by atoms with Crippen molar-refractivity contribution >= 4 is 39.2 Å². The fourth-order valence-corrected chi connectivity index (χ4v) is 4.64. The number of aliphatic hydroxyl groups excluding tert-OH is 1. The van der Waals surface area contributed by atoms with Crippen LogP contribution >= 0.6 is 23.2 Å². The molecule has 0 aliphatic carbocycles. The number of hydrogen-bond acceptors (Lipinski definition) is 4. The molecule has 1 aliphatic rings. The Bertz CT molecular complexity index is 707. The van der Waals surface area contributed by atoms with E-state index in [1.807, 2.05) is 0 Å². The van der Waals surface area contributed by atoms with Crippen molar-refractivity contribution in [2.75, 3.05) is 13.1 Å². The number of benzene rings is 1. The topological polar surface area (TPSA) is 94.9 Å². The third kappa shape index (κ3) is 3.09. The minimum absolute atomic E-state index is 0.00830. The van der Waals surface area contributed by atoms with E-state index in [4.69, 9.17) is 28.3 Å². The van der Waals surface area contributed by atoms with Crippen LogP contribution in [0.15, 0.2) is 17.0 Å². The molecule has 1 aliphatic heterocycles. The highest BCUT2D eigenvalue weighted by molar-refractivity contribution is 7.89. The van der Waals surface area contributed by atoms with E-state index in [2.05, 4.69) is 0 Å². The summed E-state index contributed by atoms with van der Waals surface area (Å²) in [5.74, 6) is -2.10. The number of halogens is 2. The van der Waals surface area contributed by atoms with E-state index in [9.17, 15) is 18.3 Å². The molecule has 22 heavy (non-hydrogen) atoms. The van der Waals surface area contributed by atoms with E-state index in [0.29, 0.717) is 10.6 Å². The molecule has 1 saturated heterocycles. The number of aliphatic hydroxyl groups is 1. The fourth-order valence-electron chi connectivity index (χ4n) is 2.38. The SMILES string of the molecule is Cc1c(Cl)ccc(S(=O)(=O)N2CC[C@H](C(=O)O)[C@H](O)C2)c1Cl. The van der Waals surface area contributed by atoms with Crippen molar-refractivity contribution in [3.8, 4) is 0 Å². The van der Waals surface area contributed by atoms with Gasteiger partial charge in [0.05, 0.1) is 17.0 Å². The number of piperidine rings is 1. The van der Waals surface area contributed by atoms with Crippen molar-refractivity contribution in [2.45, 2.75) is 24.3 Å². The highest BCUT2D eigenvalue weighted by Gasteiger charge is 2.38. The summed E-state index contributed by atoms with van der Waals surface area (Å²) in [6.45, 7) is 1.33. The lowest BCUT2D eigenvalue weighted by molar-refractivity contribution is -0.147. The summed E-state index contributed by atoms with van der Waals surface area (Å²) >= 11 is 12.0. The van der Waals surface area contributed by atoms with Gasteiger partial charge < -0.3 is 10.2 Å². The van der Waals surface area contributed by atoms with Gasteiger partial charge in [-0.3, -0.25) is 4.79 Å². The normalized spacial score (nSPS) is 23.5. The second-order valence-corrected chi connectivity index (χ2v) is 7.84. The quantitative estimate of drug-likeness (QED) is 0.848. The summed E-state index contributed by atoms with van der Waals surface area (Å²) in [5.41, 5.74) is 0.449. The van der Waals surface area contributed by atoms with Crippen molar-refractivity contribution in [1.82, 2.24) is 4.31 Å². The molecule has 1 aromatic rings. The van der Waals surface area contributed by atoms with Gasteiger partial charge in [-0.2, -0.15) is 4.31 Å². The summed E-state index contributed by atoms with van der Waals surface area (Å²) in [6, 6.07) is 2.75. The predicted octanol–water partition coefficient (Wildman–Crippen LogP) is 1.76. The number of carboxylic acids is 1. The molecule has 0 bridgehead atoms. The zero-order valence-electron chi connectivity index (χ0n) is 11.7. The number of carbonyl (C=O) groups is 1. The smallest absolute Gasteiger partial charge is 0.309 e. The van der Waals surface area contributed by atoms with Crippen LogP contribution in [0.1, 0.15) is 12.0 Å². The van der Waals surface area contributed by atoms with Crippen molar-refractivity contribution in [3.63, 3.8) is 0 Å². The number of β-amino-alcohol motifs (C(OH)–C–C–N with tert-alkyl or cyclic N) is 1. The third-order valence-corrected chi connectivity index (χ3v) is 6.68. The molecule has 2 atom stereocenters. The largest absolute Gasteiger partial charge is 0.481 e. The van der Waals surface area contributed by atoms with Crippen LogP contribution in [0.2, 0.25) is 10.0 Å². The van der Waals surface area contributed by atoms with E-state index < -0.39 is 28.0 Å². The minimum atomic E-state index is -3.92. The maximum Gasteiger partial charge on any atom is 0.309 e. The molecule has 1 fully saturated rings. The summed E-state index contributed by atoms with van der Waals surface area (Å²) in [7, 11) is -3.92. The fraction of sp³-hybridized carbons (Fsp3) is 0.462. The molecular formula is C13H15Cl2NO5S. The van der Waals surface area contributed by atoms with Gasteiger partial charge in [-0.05, 0) is 31.0 Å². The number of sulfonamides is 1. The predicted molar refractivity (Wildman–Crippen MR) is 81.7 cm³/mol. The van der Waals surface area contributed by atoms with Crippen LogP contribution in [-0.2, 0) is 14.8 Å². The number of carboxylic acid groups (broad SMARTS) is 1. The van der Waals surface area contributed by atoms with Gasteiger partial charge in [0, 0.05) is 18.1 Å². The van der Waals surface area contributed by atoms with Crippen LogP contribution < -0.4 is 0 Å². The number of rotatable bonds is 3. The Morgan fingerprint density at radius 2 is 2.00 bits per heavy atom. The lowest BCUT2D eigenvalue weighted by atomic mass is 9.95. The van der Waals surface area contributed by atoms with Gasteiger partial charge in [-0.25, -0.2) is 8.42 Å². The first-order chi connectivity index (χ1) is 10.2. The number of nitrogens with zero attached hydrogens (tertiary/aromatic N) is 1. The highest BCUT2D eigenvalue weighted by atomic mass is 35.5. The van der Waals surface area contributed by atoms with Crippen LogP contribution in [0.4, 0.5) is 0 Å². The van der Waals surface area contributed by atoms with E-state index >= 15 is 0 Å². The second-order valence-electron chi connectivity index (χ2n) is 5.15. The van der Waals surface area contributed by atoms with Gasteiger partial charge in [0.1, 0.15) is 4.90 Å². The molecule has 1 heterocycles. The van der Waals surface area contributed by atoms with E-state index in [1.54, 1.807) is 6.92 Å². The second kappa shape index (κ2) is 6.33. The molecule has 0 unspecified atom stereocenters. The zero-order chi connectivity index (χ0) is 16.7. The highest BCUT2D eigenvalue weighted by Crippen LogP contribution is 2.33. The van der Waals surface area contributed by atoms with Gasteiger partial charge in [-0.15, -0.1) is 0 Å². The van der Waals surface area contributed by atoms with E-state index in [1.165, 1.54) is 12.1 Å². The van der Waals surface area contributed by atoms with Gasteiger partial charge in [0.2, 0.25) is 10.0 Å². The first-order valence-electron chi connectivity index (χ1n) is 6.52. The molecule has 0 aromatic heterocycles. The lowest BCUT2D eigenvalue weighted by Gasteiger charge is -2.33. The maximum atomic E-state index is 12.6. The van der Waals surface area contributed by atoms with Gasteiger partial charge in [-0.1, -0.05) is 23.2 Å². The number of hydrogen-bond donors (Lipinski definition) is 2. The standard InChI is InChI=1S/C13H15Cl2NO5S/c1-7-9(14)2-3-11(12(7)15)22(20,21)16-5-4-8(13(18)19)10(17)6-16/h2-3,8,10,17H,4-6H2,1H3,(H,18,19)/t8-,10+/m0/s1. The van der Waals surface area contributed by atoms with Crippen LogP contribution in [0.5, 0.6) is 0 Å². The Balaban J connectivity index is 2.33. The molecule has 0 radical (unpaired) electrons. The van der Waals surface area contributed by atoms with Crippen molar-refractivity contribution in [2.24, 2.45) is 5.92 Å². The Morgan fingerprint density at radius 1 is 1.36 bits per heavy atom. The average molecular weight is 368 g/mol. The molecule has 0 spiro atoms. The molecule has 6 nitrogen and oxygen atoms in total. The van der Waals surface area contributed by atoms with Crippen LogP contribution in [-0.4, -0.2) is 48.1 Å². The summed E-state index contributed by atoms with van der Waals surface area (Å²) in [5, 5.41) is 19.2. The Labute approximate surface area is 138 Å². The first kappa shape index (κ1) is 17.5. The molecule has 2 N–H and O–H groups in total. The molecule has 122 valence electrons. The molecule has 0 amide bonds. The molecule has 2 rings (SSSR count). The number of aliphatic carboxylic acids is 1. The Kier molecular flexibility index (Phi) is 5.03. The van der Waals surface area contributed by atoms with Crippen molar-refractivity contribution < 1.29 is 23.4 Å². The summed E-state index contributed by atoms with van der Waals surface area (Å²) in [6.07, 6.45) is -1.21. The zero-order valence-corrected chi connectivity index (χ0v) is 14.0. The summed E-state index contributed by atoms with van der Waals surface area (Å²) < 4.78 is 26.3. The van der Waals surface area contributed by atoms with Crippen LogP contribution in [0, 0.1) is 12.8 Å². The van der Waals surface area contributed by atoms with Gasteiger partial charge >= 0.3 is 5.97 Å². The molecule has 1 aromatic carbocycles. The minimum Gasteiger partial charge on any atom is -0.481 e. The Hall–Kier alpha value is -0.860. The molecule has 0 saturated carbocycles. The van der Waals surface area contributed by atoms with Crippen LogP contribution in [0.3, 0.4) is 0 Å². The van der Waals surface area contributed by atoms with Gasteiger partial charge in [0.25, 0.3) is 0 Å².